The lowest BCUT2D eigenvalue weighted by Gasteiger charge is -2.27. The Morgan fingerprint density at radius 3 is 0.645 bits per heavy atom. The van der Waals surface area contributed by atoms with Crippen LogP contribution in [0.4, 0.5) is 17.1 Å². The maximum Gasteiger partial charge on any atom is 0.0541 e. The van der Waals surface area contributed by atoms with Gasteiger partial charge in [-0.3, -0.25) is 0 Å². The zero-order valence-electron chi connectivity index (χ0n) is 41.5. The molecule has 0 aliphatic rings. The SMILES string of the molecule is c1cc(-c2cccc(-n3c4ccccc4c4ccccc43)c2)cc(N(c2cccc(-c3cccc(-n4c5ccccc5c5ccccc54)c3)c2)c2cccc(-c3cccc(-n4c5ccccc5c5ccccc54)c3)c2)c1. The second kappa shape index (κ2) is 17.8. The molecule has 4 heteroatoms. The van der Waals surface area contributed by atoms with Crippen LogP contribution >= 0.6 is 0 Å². The molecule has 0 atom stereocenters. The fourth-order valence-corrected chi connectivity index (χ4v) is 12.0. The summed E-state index contributed by atoms with van der Waals surface area (Å²) in [4.78, 5) is 2.42. The van der Waals surface area contributed by atoms with Crippen molar-refractivity contribution in [3.8, 4) is 50.4 Å². The van der Waals surface area contributed by atoms with Crippen LogP contribution in [0.25, 0.3) is 116 Å². The summed E-state index contributed by atoms with van der Waals surface area (Å²) in [7, 11) is 0. The maximum atomic E-state index is 2.42. The van der Waals surface area contributed by atoms with Crippen LogP contribution in [0.15, 0.2) is 291 Å². The molecule has 0 amide bonds. The summed E-state index contributed by atoms with van der Waals surface area (Å²) < 4.78 is 7.19. The molecule has 0 fully saturated rings. The fraction of sp³-hybridized carbons (Fsp3) is 0. The highest BCUT2D eigenvalue weighted by Gasteiger charge is 2.19. The number of para-hydroxylation sites is 6. The average molecular weight is 969 g/mol. The van der Waals surface area contributed by atoms with Crippen molar-refractivity contribution in [3.63, 3.8) is 0 Å². The molecule has 0 radical (unpaired) electrons. The zero-order valence-corrected chi connectivity index (χ0v) is 41.5. The van der Waals surface area contributed by atoms with E-state index in [0.717, 1.165) is 67.5 Å². The van der Waals surface area contributed by atoms with E-state index in [2.05, 4.69) is 310 Å². The van der Waals surface area contributed by atoms with Crippen LogP contribution in [0, 0.1) is 0 Å². The van der Waals surface area contributed by atoms with Gasteiger partial charge in [0.05, 0.1) is 33.1 Å². The zero-order chi connectivity index (χ0) is 50.1. The van der Waals surface area contributed by atoms with Crippen molar-refractivity contribution in [1.29, 1.82) is 0 Å². The van der Waals surface area contributed by atoms with Crippen LogP contribution in [0.5, 0.6) is 0 Å². The number of hydrogen-bond donors (Lipinski definition) is 0. The molecule has 15 aromatic rings. The van der Waals surface area contributed by atoms with Gasteiger partial charge in [-0.1, -0.05) is 182 Å². The third kappa shape index (κ3) is 7.14. The van der Waals surface area contributed by atoms with Crippen LogP contribution in [0.2, 0.25) is 0 Å². The van der Waals surface area contributed by atoms with Crippen molar-refractivity contribution in [1.82, 2.24) is 13.7 Å². The third-order valence-corrected chi connectivity index (χ3v) is 15.4. The lowest BCUT2D eigenvalue weighted by atomic mass is 10.0. The van der Waals surface area contributed by atoms with Crippen molar-refractivity contribution in [3.05, 3.63) is 291 Å². The lowest BCUT2D eigenvalue weighted by Crippen LogP contribution is -2.10. The van der Waals surface area contributed by atoms with Gasteiger partial charge in [0.15, 0.2) is 0 Å². The average Bonchev–Trinajstić information content (AvgIpc) is 4.17. The summed E-state index contributed by atoms with van der Waals surface area (Å²) in [5.74, 6) is 0. The van der Waals surface area contributed by atoms with Crippen molar-refractivity contribution in [2.24, 2.45) is 0 Å². The summed E-state index contributed by atoms with van der Waals surface area (Å²) in [6, 6.07) is 106. The number of fused-ring (bicyclic) bond motifs is 9. The molecule has 0 saturated carbocycles. The van der Waals surface area contributed by atoms with Crippen LogP contribution in [-0.2, 0) is 0 Å². The Labute approximate surface area is 440 Å². The first-order valence-corrected chi connectivity index (χ1v) is 26.1. The number of benzene rings is 12. The normalized spacial score (nSPS) is 11.7. The molecule has 3 aromatic heterocycles. The van der Waals surface area contributed by atoms with Crippen LogP contribution < -0.4 is 4.90 Å². The van der Waals surface area contributed by atoms with Crippen molar-refractivity contribution < 1.29 is 0 Å². The summed E-state index contributed by atoms with van der Waals surface area (Å²) in [5, 5.41) is 7.51. The van der Waals surface area contributed by atoms with E-state index >= 15 is 0 Å². The molecule has 0 N–H and O–H groups in total. The van der Waals surface area contributed by atoms with Crippen molar-refractivity contribution in [2.45, 2.75) is 0 Å². The standard InChI is InChI=1S/C72H48N4/c1-7-37-67-61(31-1)62-32-2-8-38-68(62)74(67)58-28-16-22-52(46-58)49-19-13-25-55(43-49)73(56-26-14-20-50(44-56)53-23-17-29-59(47-53)75-69-39-9-3-33-63(69)64-34-4-10-40-70(64)75)57-27-15-21-51(45-57)54-24-18-30-60(48-54)76-71-41-11-5-35-65(71)66-36-6-12-42-72(66)76/h1-48H. The predicted octanol–water partition coefficient (Wildman–Crippen LogP) is 19.4. The Morgan fingerprint density at radius 1 is 0.184 bits per heavy atom. The number of aromatic nitrogens is 3. The molecule has 3 heterocycles. The van der Waals surface area contributed by atoms with E-state index < -0.39 is 0 Å². The van der Waals surface area contributed by atoms with Crippen molar-refractivity contribution >= 4 is 82.5 Å². The van der Waals surface area contributed by atoms with Gasteiger partial charge in [-0.25, -0.2) is 0 Å². The van der Waals surface area contributed by atoms with Crippen molar-refractivity contribution in [2.75, 3.05) is 4.90 Å². The lowest BCUT2D eigenvalue weighted by molar-refractivity contribution is 1.18. The van der Waals surface area contributed by atoms with E-state index in [4.69, 9.17) is 0 Å². The highest BCUT2D eigenvalue weighted by Crippen LogP contribution is 2.42. The van der Waals surface area contributed by atoms with Crippen LogP contribution in [0.3, 0.4) is 0 Å². The Hall–Kier alpha value is -10.2. The van der Waals surface area contributed by atoms with Gasteiger partial charge < -0.3 is 18.6 Å². The summed E-state index contributed by atoms with van der Waals surface area (Å²) >= 11 is 0. The second-order valence-electron chi connectivity index (χ2n) is 19.7. The van der Waals surface area contributed by atoms with Gasteiger partial charge in [0, 0.05) is 66.4 Å². The van der Waals surface area contributed by atoms with Gasteiger partial charge in [-0.05, 0) is 143 Å². The van der Waals surface area contributed by atoms with E-state index in [1.54, 1.807) is 0 Å². The first-order valence-electron chi connectivity index (χ1n) is 26.1. The quantitative estimate of drug-likeness (QED) is 0.141. The van der Waals surface area contributed by atoms with Gasteiger partial charge in [-0.2, -0.15) is 0 Å². The van der Waals surface area contributed by atoms with Crippen LogP contribution in [0.1, 0.15) is 0 Å². The molecule has 0 spiro atoms. The molecular formula is C72H48N4. The second-order valence-corrected chi connectivity index (χ2v) is 19.7. The summed E-state index contributed by atoms with van der Waals surface area (Å²) in [6.45, 7) is 0. The Balaban J connectivity index is 0.867. The van der Waals surface area contributed by atoms with Gasteiger partial charge >= 0.3 is 0 Å². The maximum absolute atomic E-state index is 2.42. The minimum absolute atomic E-state index is 1.06. The first kappa shape index (κ1) is 43.4. The van der Waals surface area contributed by atoms with E-state index in [1.807, 2.05) is 0 Å². The van der Waals surface area contributed by atoms with E-state index in [-0.39, 0.29) is 0 Å². The molecule has 0 bridgehead atoms. The van der Waals surface area contributed by atoms with E-state index in [9.17, 15) is 0 Å². The summed E-state index contributed by atoms with van der Waals surface area (Å²) in [6.07, 6.45) is 0. The smallest absolute Gasteiger partial charge is 0.0541 e. The molecule has 0 aliphatic heterocycles. The van der Waals surface area contributed by atoms with Gasteiger partial charge in [0.25, 0.3) is 0 Å². The number of anilines is 3. The molecule has 356 valence electrons. The van der Waals surface area contributed by atoms with Crippen LogP contribution in [-0.4, -0.2) is 13.7 Å². The van der Waals surface area contributed by atoms with Gasteiger partial charge in [0.1, 0.15) is 0 Å². The van der Waals surface area contributed by atoms with E-state index in [1.165, 1.54) is 65.4 Å². The molecule has 0 unspecified atom stereocenters. The first-order chi connectivity index (χ1) is 37.7. The molecule has 0 saturated heterocycles. The molecule has 12 aromatic carbocycles. The minimum atomic E-state index is 1.06. The Bertz CT molecular complexity index is 4100. The Kier molecular flexibility index (Phi) is 10.2. The molecular weight excluding hydrogens is 921 g/mol. The highest BCUT2D eigenvalue weighted by atomic mass is 15.1. The monoisotopic (exact) mass is 968 g/mol. The number of nitrogens with zero attached hydrogens (tertiary/aromatic N) is 4. The van der Waals surface area contributed by atoms with Gasteiger partial charge in [-0.15, -0.1) is 0 Å². The fourth-order valence-electron chi connectivity index (χ4n) is 12.0. The highest BCUT2D eigenvalue weighted by molar-refractivity contribution is 6.11. The molecule has 4 nitrogen and oxygen atoms in total. The Morgan fingerprint density at radius 2 is 0.395 bits per heavy atom. The largest absolute Gasteiger partial charge is 0.310 e. The molecule has 76 heavy (non-hydrogen) atoms. The predicted molar refractivity (Wildman–Crippen MR) is 320 cm³/mol. The summed E-state index contributed by atoms with van der Waals surface area (Å²) in [5.41, 5.74) is 20.6. The number of rotatable bonds is 9. The van der Waals surface area contributed by atoms with Gasteiger partial charge in [0.2, 0.25) is 0 Å². The topological polar surface area (TPSA) is 18.0 Å². The van der Waals surface area contributed by atoms with E-state index in [0.29, 0.717) is 0 Å². The third-order valence-electron chi connectivity index (χ3n) is 15.4. The molecule has 15 rings (SSSR count). The molecule has 0 aliphatic carbocycles. The number of hydrogen-bond acceptors (Lipinski definition) is 1. The minimum Gasteiger partial charge on any atom is -0.310 e.